The predicted octanol–water partition coefficient (Wildman–Crippen LogP) is 3.14. The molecule has 0 bridgehead atoms. The Hall–Kier alpha value is -3.71. The van der Waals surface area contributed by atoms with E-state index in [0.717, 1.165) is 33.8 Å². The summed E-state index contributed by atoms with van der Waals surface area (Å²) in [5.74, 6) is -0.358. The molecule has 11 heteroatoms. The molecule has 2 N–H and O–H groups in total. The van der Waals surface area contributed by atoms with Crippen LogP contribution in [0.25, 0.3) is 0 Å². The van der Waals surface area contributed by atoms with E-state index in [1.807, 2.05) is 105 Å². The molecule has 1 unspecified atom stereocenters. The summed E-state index contributed by atoms with van der Waals surface area (Å²) in [6.45, 7) is 4.54. The van der Waals surface area contributed by atoms with E-state index in [4.69, 9.17) is 28.8 Å². The van der Waals surface area contributed by atoms with Crippen LogP contribution in [-0.2, 0) is 29.3 Å². The van der Waals surface area contributed by atoms with Gasteiger partial charge in [0.1, 0.15) is 0 Å². The topological polar surface area (TPSA) is 113 Å². The van der Waals surface area contributed by atoms with Crippen molar-refractivity contribution in [3.05, 3.63) is 89.0 Å². The van der Waals surface area contributed by atoms with Crippen LogP contribution in [0.5, 0.6) is 0 Å². The van der Waals surface area contributed by atoms with E-state index < -0.39 is 5.60 Å². The maximum Gasteiger partial charge on any atom is 0.340 e. The van der Waals surface area contributed by atoms with E-state index in [2.05, 4.69) is 4.90 Å². The second-order valence-corrected chi connectivity index (χ2v) is 11.6. The third-order valence-corrected chi connectivity index (χ3v) is 8.02. The first-order valence-electron chi connectivity index (χ1n) is 16.0. The van der Waals surface area contributed by atoms with Gasteiger partial charge < -0.3 is 48.6 Å². The Morgan fingerprint density at radius 2 is 1.09 bits per heavy atom. The minimum atomic E-state index is -1.11. The number of cyclic esters (lactones) is 1. The summed E-state index contributed by atoms with van der Waals surface area (Å²) in [7, 11) is 7.88. The van der Waals surface area contributed by atoms with E-state index in [0.29, 0.717) is 71.5 Å². The minimum Gasteiger partial charge on any atom is -0.441 e. The normalized spacial score (nSPS) is 15.4. The lowest BCUT2D eigenvalue weighted by Gasteiger charge is -2.32. The highest BCUT2D eigenvalue weighted by Gasteiger charge is 2.48. The van der Waals surface area contributed by atoms with Crippen molar-refractivity contribution in [3.8, 4) is 0 Å². The van der Waals surface area contributed by atoms with Gasteiger partial charge in [-0.1, -0.05) is 30.3 Å². The Morgan fingerprint density at radius 1 is 0.596 bits per heavy atom. The van der Waals surface area contributed by atoms with Crippen LogP contribution in [0.3, 0.4) is 0 Å². The van der Waals surface area contributed by atoms with Crippen molar-refractivity contribution in [1.29, 1.82) is 0 Å². The van der Waals surface area contributed by atoms with Crippen LogP contribution < -0.4 is 14.7 Å². The van der Waals surface area contributed by atoms with Crippen molar-refractivity contribution in [1.82, 2.24) is 0 Å². The van der Waals surface area contributed by atoms with Gasteiger partial charge in [0.25, 0.3) is 0 Å². The van der Waals surface area contributed by atoms with Crippen LogP contribution in [0, 0.1) is 0 Å². The molecule has 0 aliphatic carbocycles. The zero-order valence-corrected chi connectivity index (χ0v) is 28.0. The van der Waals surface area contributed by atoms with E-state index >= 15 is 0 Å². The standard InChI is InChI=1S/C36H49N3O8/c1-37(2)30-9-5-28(6-10-30)36(34-14-13-32(38(3)4)27-33(34)35(42)47-36)29-7-11-31(12-8-29)39(15-17-40)16-19-43-21-23-45-25-26-46-24-22-44-20-18-41/h5-14,27,40-41H,15-26H2,1-4H3. The largest absolute Gasteiger partial charge is 0.441 e. The molecule has 1 aliphatic rings. The van der Waals surface area contributed by atoms with Crippen LogP contribution in [0.15, 0.2) is 66.7 Å². The molecule has 1 heterocycles. The van der Waals surface area contributed by atoms with Gasteiger partial charge in [-0.15, -0.1) is 0 Å². The first-order valence-corrected chi connectivity index (χ1v) is 16.0. The van der Waals surface area contributed by atoms with E-state index in [9.17, 15) is 9.90 Å². The maximum atomic E-state index is 13.4. The highest BCUT2D eigenvalue weighted by atomic mass is 16.6. The summed E-state index contributed by atoms with van der Waals surface area (Å²) in [5, 5.41) is 18.5. The number of ether oxygens (including phenoxy) is 5. The SMILES string of the molecule is CN(C)c1ccc(C2(c3ccc(N(CCO)CCOCCOCCOCCOCCO)cc3)OC(=O)c3cc(N(C)C)ccc32)cc1. The molecule has 47 heavy (non-hydrogen) atoms. The number of anilines is 3. The molecular weight excluding hydrogens is 602 g/mol. The Kier molecular flexibility index (Phi) is 13.8. The number of carbonyl (C=O) groups excluding carboxylic acids is 1. The Bertz CT molecular complexity index is 1380. The Labute approximate surface area is 278 Å². The maximum absolute atomic E-state index is 13.4. The van der Waals surface area contributed by atoms with Crippen LogP contribution in [0.4, 0.5) is 17.1 Å². The molecule has 3 aromatic rings. The summed E-state index contributed by atoms with van der Waals surface area (Å²) in [4.78, 5) is 19.5. The van der Waals surface area contributed by atoms with E-state index in [1.54, 1.807) is 0 Å². The molecule has 11 nitrogen and oxygen atoms in total. The molecule has 1 atom stereocenters. The molecule has 1 aliphatic heterocycles. The highest BCUT2D eigenvalue weighted by Crippen LogP contribution is 2.48. The molecule has 0 fully saturated rings. The molecule has 4 rings (SSSR count). The van der Waals surface area contributed by atoms with E-state index in [-0.39, 0.29) is 19.2 Å². The van der Waals surface area contributed by atoms with Gasteiger partial charge in [0, 0.05) is 75.0 Å². The average molecular weight is 652 g/mol. The first-order chi connectivity index (χ1) is 22.8. The third-order valence-electron chi connectivity index (χ3n) is 8.02. The number of carbonyl (C=O) groups is 1. The zero-order chi connectivity index (χ0) is 33.6. The fourth-order valence-electron chi connectivity index (χ4n) is 5.52. The molecule has 256 valence electrons. The smallest absolute Gasteiger partial charge is 0.340 e. The average Bonchev–Trinajstić information content (AvgIpc) is 3.38. The van der Waals surface area contributed by atoms with Gasteiger partial charge in [0.05, 0.1) is 71.6 Å². The zero-order valence-electron chi connectivity index (χ0n) is 28.0. The van der Waals surface area contributed by atoms with Gasteiger partial charge >= 0.3 is 5.97 Å². The van der Waals surface area contributed by atoms with Crippen molar-refractivity contribution in [3.63, 3.8) is 0 Å². The summed E-state index contributed by atoms with van der Waals surface area (Å²) < 4.78 is 28.2. The summed E-state index contributed by atoms with van der Waals surface area (Å²) in [6, 6.07) is 22.0. The summed E-state index contributed by atoms with van der Waals surface area (Å²) >= 11 is 0. The molecule has 0 amide bonds. The third kappa shape index (κ3) is 9.22. The van der Waals surface area contributed by atoms with Crippen molar-refractivity contribution in [2.24, 2.45) is 0 Å². The van der Waals surface area contributed by atoms with Gasteiger partial charge in [0.2, 0.25) is 0 Å². The number of fused-ring (bicyclic) bond motifs is 1. The van der Waals surface area contributed by atoms with Crippen LogP contribution >= 0.6 is 0 Å². The molecule has 0 saturated heterocycles. The predicted molar refractivity (Wildman–Crippen MR) is 183 cm³/mol. The summed E-state index contributed by atoms with van der Waals surface area (Å²) in [5.41, 5.74) is 4.85. The highest BCUT2D eigenvalue weighted by molar-refractivity contribution is 5.97. The van der Waals surface area contributed by atoms with Crippen LogP contribution in [0.1, 0.15) is 27.0 Å². The van der Waals surface area contributed by atoms with Gasteiger partial charge in [0.15, 0.2) is 5.60 Å². The van der Waals surface area contributed by atoms with Gasteiger partial charge in [-0.3, -0.25) is 0 Å². The molecule has 0 radical (unpaired) electrons. The van der Waals surface area contributed by atoms with Crippen LogP contribution in [0.2, 0.25) is 0 Å². The Morgan fingerprint density at radius 3 is 1.60 bits per heavy atom. The Balaban J connectivity index is 1.42. The van der Waals surface area contributed by atoms with Crippen LogP contribution in [-0.4, -0.2) is 124 Å². The fraction of sp³-hybridized carbons (Fsp3) is 0.472. The lowest BCUT2D eigenvalue weighted by molar-refractivity contribution is -0.00491. The number of aliphatic hydroxyl groups is 2. The van der Waals surface area contributed by atoms with Crippen molar-refractivity contribution < 1.29 is 38.7 Å². The molecular formula is C36H49N3O8. The second-order valence-electron chi connectivity index (χ2n) is 11.6. The number of nitrogens with zero attached hydrogens (tertiary/aromatic N) is 3. The first kappa shape index (κ1) is 36.1. The van der Waals surface area contributed by atoms with Gasteiger partial charge in [-0.25, -0.2) is 4.79 Å². The fourth-order valence-corrected chi connectivity index (χ4v) is 5.52. The number of aliphatic hydroxyl groups excluding tert-OH is 2. The van der Waals surface area contributed by atoms with Gasteiger partial charge in [-0.2, -0.15) is 0 Å². The number of esters is 1. The second kappa shape index (κ2) is 18.0. The van der Waals surface area contributed by atoms with Crippen molar-refractivity contribution >= 4 is 23.0 Å². The molecule has 0 saturated carbocycles. The monoisotopic (exact) mass is 651 g/mol. The lowest BCUT2D eigenvalue weighted by Crippen LogP contribution is -2.32. The van der Waals surface area contributed by atoms with Crippen molar-refractivity contribution in [2.75, 3.05) is 122 Å². The molecule has 0 aromatic heterocycles. The number of hydrogen-bond acceptors (Lipinski definition) is 11. The van der Waals surface area contributed by atoms with Crippen molar-refractivity contribution in [2.45, 2.75) is 5.60 Å². The quantitative estimate of drug-likeness (QED) is 0.131. The van der Waals surface area contributed by atoms with E-state index in [1.165, 1.54) is 0 Å². The molecule has 0 spiro atoms. The lowest BCUT2D eigenvalue weighted by atomic mass is 9.79. The number of hydrogen-bond donors (Lipinski definition) is 2. The number of rotatable bonds is 21. The summed E-state index contributed by atoms with van der Waals surface area (Å²) in [6.07, 6.45) is 0. The molecule has 3 aromatic carbocycles. The number of benzene rings is 3. The van der Waals surface area contributed by atoms with Gasteiger partial charge in [-0.05, 0) is 36.4 Å². The minimum absolute atomic E-state index is 0.00272.